The van der Waals surface area contributed by atoms with E-state index in [2.05, 4.69) is 0 Å². The lowest BCUT2D eigenvalue weighted by Crippen LogP contribution is -2.17. The van der Waals surface area contributed by atoms with Crippen molar-refractivity contribution in [3.8, 4) is 11.5 Å². The highest BCUT2D eigenvalue weighted by Gasteiger charge is 2.37. The maximum atomic E-state index is 13.0. The molecule has 0 spiro atoms. The Morgan fingerprint density at radius 2 is 1.38 bits per heavy atom. The van der Waals surface area contributed by atoms with Gasteiger partial charge in [0.25, 0.3) is 0 Å². The molecule has 1 aliphatic heterocycles. The van der Waals surface area contributed by atoms with Crippen LogP contribution in [0.3, 0.4) is 0 Å². The van der Waals surface area contributed by atoms with Gasteiger partial charge < -0.3 is 9.05 Å². The lowest BCUT2D eigenvalue weighted by Gasteiger charge is -2.21. The minimum absolute atomic E-state index is 0.293. The van der Waals surface area contributed by atoms with Gasteiger partial charge in [0.2, 0.25) is 0 Å². The molecule has 126 valence electrons. The van der Waals surface area contributed by atoms with Crippen molar-refractivity contribution in [2.75, 3.05) is 5.75 Å². The fourth-order valence-corrected chi connectivity index (χ4v) is 4.68. The molecule has 1 heterocycles. The van der Waals surface area contributed by atoms with Gasteiger partial charge >= 0.3 is 7.82 Å². The third-order valence-electron chi connectivity index (χ3n) is 3.08. The summed E-state index contributed by atoms with van der Waals surface area (Å²) in [6.45, 7) is 0. The molecule has 1 aliphatic rings. The number of rotatable bonds is 6. The maximum Gasteiger partial charge on any atom is 0.588 e. The van der Waals surface area contributed by atoms with E-state index in [1.165, 1.54) is 6.08 Å². The van der Waals surface area contributed by atoms with Crippen molar-refractivity contribution >= 4 is 17.7 Å². The quantitative estimate of drug-likeness (QED) is 0.727. The normalized spacial score (nSPS) is 19.1. The van der Waals surface area contributed by atoms with Crippen LogP contribution in [0.2, 0.25) is 0 Å². The minimum Gasteiger partial charge on any atom is -0.395 e. The highest BCUT2D eigenvalue weighted by atomic mass is 32.2. The van der Waals surface area contributed by atoms with Crippen LogP contribution in [-0.4, -0.2) is 20.3 Å². The Morgan fingerprint density at radius 3 is 1.79 bits per heavy atom. The second kappa shape index (κ2) is 6.81. The summed E-state index contributed by atoms with van der Waals surface area (Å²) in [7, 11) is -7.44. The number of hydrogen-bond donors (Lipinski definition) is 0. The Morgan fingerprint density at radius 1 is 0.875 bits per heavy atom. The monoisotopic (exact) mass is 366 g/mol. The molecular weight excluding hydrogens is 351 g/mol. The van der Waals surface area contributed by atoms with Gasteiger partial charge in [-0.05, 0) is 30.3 Å². The molecule has 0 radical (unpaired) electrons. The Kier molecular flexibility index (Phi) is 4.76. The molecule has 6 nitrogen and oxygen atoms in total. The highest BCUT2D eigenvalue weighted by molar-refractivity contribution is 7.94. The molecule has 0 aromatic heterocycles. The topological polar surface area (TPSA) is 78.9 Å². The van der Waals surface area contributed by atoms with E-state index in [1.54, 1.807) is 60.7 Å². The molecule has 24 heavy (non-hydrogen) atoms. The van der Waals surface area contributed by atoms with Gasteiger partial charge in [0.05, 0.1) is 5.75 Å². The van der Waals surface area contributed by atoms with E-state index in [0.717, 1.165) is 5.41 Å². The molecule has 0 saturated carbocycles. The van der Waals surface area contributed by atoms with Crippen LogP contribution < -0.4 is 9.05 Å². The fourth-order valence-electron chi connectivity index (χ4n) is 2.06. The number of phosphoric acid groups is 1. The van der Waals surface area contributed by atoms with E-state index in [1.807, 2.05) is 0 Å². The zero-order chi connectivity index (χ0) is 17.0. The molecule has 1 atom stereocenters. The van der Waals surface area contributed by atoms with Crippen molar-refractivity contribution in [3.63, 3.8) is 0 Å². The molecular formula is C16H15O6PS. The van der Waals surface area contributed by atoms with Crippen molar-refractivity contribution in [3.05, 3.63) is 72.1 Å². The van der Waals surface area contributed by atoms with Crippen LogP contribution in [0, 0.1) is 0 Å². The van der Waals surface area contributed by atoms with Crippen LogP contribution in [0.25, 0.3) is 0 Å². The molecule has 2 aromatic carbocycles. The SMILES string of the molecule is O=P(Oc1ccccc1)(Oc1ccccc1)O[C@@H]1C=CS(=O)(=O)C1. The largest absolute Gasteiger partial charge is 0.588 e. The first-order chi connectivity index (χ1) is 11.4. The van der Waals surface area contributed by atoms with Gasteiger partial charge in [-0.1, -0.05) is 36.4 Å². The maximum absolute atomic E-state index is 13.0. The standard InChI is InChI=1S/C16H15O6PS/c17-23(20-14-7-3-1-4-8-14,21-15-9-5-2-6-10-15)22-16-11-12-24(18,19)13-16/h1-12,16H,13H2/t16-/m1/s1. The number of sulfone groups is 1. The van der Waals surface area contributed by atoms with Gasteiger partial charge in [-0.3, -0.25) is 4.52 Å². The summed E-state index contributed by atoms with van der Waals surface area (Å²) < 4.78 is 52.3. The van der Waals surface area contributed by atoms with E-state index in [9.17, 15) is 13.0 Å². The van der Waals surface area contributed by atoms with E-state index in [0.29, 0.717) is 11.5 Å². The number of para-hydroxylation sites is 2. The van der Waals surface area contributed by atoms with Gasteiger partial charge in [0.15, 0.2) is 9.84 Å². The molecule has 8 heteroatoms. The zero-order valence-corrected chi connectivity index (χ0v) is 14.2. The lowest BCUT2D eigenvalue weighted by molar-refractivity contribution is 0.185. The van der Waals surface area contributed by atoms with E-state index in [-0.39, 0.29) is 5.75 Å². The number of benzene rings is 2. The molecule has 2 aromatic rings. The van der Waals surface area contributed by atoms with Crippen LogP contribution in [0.1, 0.15) is 0 Å². The first-order valence-electron chi connectivity index (χ1n) is 7.13. The lowest BCUT2D eigenvalue weighted by atomic mass is 10.3. The van der Waals surface area contributed by atoms with Gasteiger partial charge in [-0.2, -0.15) is 0 Å². The summed E-state index contributed by atoms with van der Waals surface area (Å²) in [5, 5.41) is 1.03. The van der Waals surface area contributed by atoms with Crippen molar-refractivity contribution < 1.29 is 26.6 Å². The second-order valence-electron chi connectivity index (χ2n) is 5.06. The Balaban J connectivity index is 1.83. The fraction of sp³-hybridized carbons (Fsp3) is 0.125. The predicted octanol–water partition coefficient (Wildman–Crippen LogP) is 3.58. The summed E-state index contributed by atoms with van der Waals surface area (Å²) in [6.07, 6.45) is 0.429. The predicted molar refractivity (Wildman–Crippen MR) is 89.5 cm³/mol. The first-order valence-corrected chi connectivity index (χ1v) is 10.3. The molecule has 0 saturated heterocycles. The summed E-state index contributed by atoms with van der Waals surface area (Å²) >= 11 is 0. The molecule has 0 amide bonds. The van der Waals surface area contributed by atoms with Crippen molar-refractivity contribution in [2.45, 2.75) is 6.10 Å². The number of phosphoric ester groups is 1. The molecule has 3 rings (SSSR count). The third-order valence-corrected chi connectivity index (χ3v) is 5.85. The molecule has 0 bridgehead atoms. The van der Waals surface area contributed by atoms with Gasteiger partial charge in [0, 0.05) is 5.41 Å². The summed E-state index contributed by atoms with van der Waals surface area (Å²) in [6, 6.07) is 16.8. The number of hydrogen-bond acceptors (Lipinski definition) is 6. The average molecular weight is 366 g/mol. The second-order valence-corrected chi connectivity index (χ2v) is 8.46. The Bertz CT molecular complexity index is 818. The van der Waals surface area contributed by atoms with Crippen molar-refractivity contribution in [1.29, 1.82) is 0 Å². The highest BCUT2D eigenvalue weighted by Crippen LogP contribution is 2.51. The first kappa shape index (κ1) is 16.8. The van der Waals surface area contributed by atoms with E-state index >= 15 is 0 Å². The smallest absolute Gasteiger partial charge is 0.395 e. The van der Waals surface area contributed by atoms with Gasteiger partial charge in [-0.15, -0.1) is 0 Å². The van der Waals surface area contributed by atoms with Crippen LogP contribution in [0.4, 0.5) is 0 Å². The molecule has 0 N–H and O–H groups in total. The van der Waals surface area contributed by atoms with E-state index in [4.69, 9.17) is 13.6 Å². The van der Waals surface area contributed by atoms with Crippen LogP contribution in [-0.2, 0) is 18.9 Å². The van der Waals surface area contributed by atoms with Crippen LogP contribution >= 0.6 is 7.82 Å². The van der Waals surface area contributed by atoms with Crippen LogP contribution in [0.5, 0.6) is 11.5 Å². The summed E-state index contributed by atoms with van der Waals surface area (Å²) in [4.78, 5) is 0. The summed E-state index contributed by atoms with van der Waals surface area (Å²) in [5.74, 6) is 0.288. The van der Waals surface area contributed by atoms with E-state index < -0.39 is 23.8 Å². The third kappa shape index (κ3) is 4.47. The van der Waals surface area contributed by atoms with Gasteiger partial charge in [-0.25, -0.2) is 13.0 Å². The zero-order valence-electron chi connectivity index (χ0n) is 12.5. The molecule has 0 unspecified atom stereocenters. The van der Waals surface area contributed by atoms with Gasteiger partial charge in [0.1, 0.15) is 17.6 Å². The Hall–Kier alpha value is -2.08. The molecule has 0 fully saturated rings. The van der Waals surface area contributed by atoms with Crippen molar-refractivity contribution in [2.24, 2.45) is 0 Å². The van der Waals surface area contributed by atoms with Crippen molar-refractivity contribution in [1.82, 2.24) is 0 Å². The van der Waals surface area contributed by atoms with Crippen LogP contribution in [0.15, 0.2) is 72.1 Å². The average Bonchev–Trinajstić information content (AvgIpc) is 2.87. The minimum atomic E-state index is -4.08. The Labute approximate surface area is 140 Å². The molecule has 0 aliphatic carbocycles. The summed E-state index contributed by atoms with van der Waals surface area (Å²) in [5.41, 5.74) is 0.